The highest BCUT2D eigenvalue weighted by atomic mass is 16.3. The fraction of sp³-hybridized carbons (Fsp3) is 0.191. The molecule has 0 radical (unpaired) electrons. The van der Waals surface area contributed by atoms with Gasteiger partial charge in [-0.3, -0.25) is 4.98 Å². The molecular formula is C47H42N3O+. The number of benzene rings is 6. The minimum absolute atomic E-state index is 0.104. The first-order valence-corrected chi connectivity index (χ1v) is 17.8. The van der Waals surface area contributed by atoms with E-state index in [9.17, 15) is 0 Å². The third kappa shape index (κ3) is 4.66. The highest BCUT2D eigenvalue weighted by Gasteiger charge is 2.34. The zero-order valence-corrected chi connectivity index (χ0v) is 29.9. The van der Waals surface area contributed by atoms with Crippen LogP contribution in [0.3, 0.4) is 0 Å². The van der Waals surface area contributed by atoms with E-state index in [1.165, 1.54) is 27.9 Å². The maximum atomic E-state index is 8.42. The minimum atomic E-state index is -2.38. The molecule has 6 aromatic carbocycles. The number of hydrogen-bond acceptors (Lipinski definition) is 2. The fourth-order valence-corrected chi connectivity index (χ4v) is 8.18. The predicted octanol–water partition coefficient (Wildman–Crippen LogP) is 12.3. The van der Waals surface area contributed by atoms with Crippen LogP contribution in [-0.2, 0) is 7.05 Å². The molecule has 3 aromatic heterocycles. The standard InChI is InChI=1S/C47H42N3O/c1-27(2)36-25-32(31-15-9-8-10-16-31)26-37(28(3)4)45(36)50-40-20-14-13-19-39(40)49(7)47(50)42-29(5)21-22-35-44-41(51-46(35)42)24-23-33-30(6)48-38-18-12-11-17-34(38)43(33)44/h8-28H,1-7H3/q+1/i6D3. The van der Waals surface area contributed by atoms with Gasteiger partial charge < -0.3 is 4.42 Å². The molecule has 0 saturated carbocycles. The molecule has 0 aliphatic carbocycles. The van der Waals surface area contributed by atoms with Gasteiger partial charge in [-0.05, 0) is 84.8 Å². The van der Waals surface area contributed by atoms with Crippen LogP contribution in [0, 0.1) is 13.8 Å². The Morgan fingerprint density at radius 3 is 2.14 bits per heavy atom. The van der Waals surface area contributed by atoms with Gasteiger partial charge in [0.15, 0.2) is 16.6 Å². The number of para-hydroxylation sites is 3. The molecule has 51 heavy (non-hydrogen) atoms. The van der Waals surface area contributed by atoms with Crippen LogP contribution in [0.2, 0.25) is 0 Å². The highest BCUT2D eigenvalue weighted by molar-refractivity contribution is 6.27. The van der Waals surface area contributed by atoms with Gasteiger partial charge in [-0.2, -0.15) is 4.57 Å². The summed E-state index contributed by atoms with van der Waals surface area (Å²) in [4.78, 5) is 4.68. The van der Waals surface area contributed by atoms with E-state index in [0.29, 0.717) is 16.5 Å². The molecule has 0 N–H and O–H groups in total. The first-order valence-electron chi connectivity index (χ1n) is 19.3. The van der Waals surface area contributed by atoms with E-state index >= 15 is 0 Å². The summed E-state index contributed by atoms with van der Waals surface area (Å²) in [7, 11) is 2.15. The number of aromatic nitrogens is 3. The van der Waals surface area contributed by atoms with Crippen LogP contribution < -0.4 is 4.57 Å². The van der Waals surface area contributed by atoms with Crippen LogP contribution in [0.5, 0.6) is 0 Å². The van der Waals surface area contributed by atoms with Crippen molar-refractivity contribution in [2.45, 2.75) is 53.3 Å². The zero-order chi connectivity index (χ0) is 37.6. The molecule has 0 fully saturated rings. The predicted molar refractivity (Wildman–Crippen MR) is 213 cm³/mol. The second-order valence-electron chi connectivity index (χ2n) is 14.5. The van der Waals surface area contributed by atoms with Gasteiger partial charge in [-0.1, -0.05) is 100 Å². The summed E-state index contributed by atoms with van der Waals surface area (Å²) in [5.74, 6) is 1.50. The van der Waals surface area contributed by atoms with Crippen molar-refractivity contribution >= 4 is 54.6 Å². The highest BCUT2D eigenvalue weighted by Crippen LogP contribution is 2.45. The molecular weight excluding hydrogens is 623 g/mol. The summed E-state index contributed by atoms with van der Waals surface area (Å²) in [6.45, 7) is 8.90. The van der Waals surface area contributed by atoms with E-state index in [1.807, 2.05) is 36.4 Å². The average molecular weight is 668 g/mol. The molecule has 0 spiro atoms. The topological polar surface area (TPSA) is 34.8 Å². The van der Waals surface area contributed by atoms with Crippen molar-refractivity contribution in [3.63, 3.8) is 0 Å². The van der Waals surface area contributed by atoms with Crippen molar-refractivity contribution < 1.29 is 13.1 Å². The lowest BCUT2D eigenvalue weighted by atomic mass is 9.88. The minimum Gasteiger partial charge on any atom is -0.455 e. The van der Waals surface area contributed by atoms with Gasteiger partial charge in [0.2, 0.25) is 0 Å². The van der Waals surface area contributed by atoms with Crippen LogP contribution in [0.15, 0.2) is 120 Å². The van der Waals surface area contributed by atoms with Gasteiger partial charge in [-0.25, -0.2) is 4.57 Å². The molecule has 0 bridgehead atoms. The lowest BCUT2D eigenvalue weighted by Crippen LogP contribution is -2.30. The van der Waals surface area contributed by atoms with Crippen LogP contribution in [0.4, 0.5) is 0 Å². The monoisotopic (exact) mass is 667 g/mol. The molecule has 9 rings (SSSR count). The maximum absolute atomic E-state index is 8.42. The van der Waals surface area contributed by atoms with Crippen molar-refractivity contribution in [3.05, 3.63) is 138 Å². The number of rotatable bonds is 5. The molecule has 4 nitrogen and oxygen atoms in total. The average Bonchev–Trinajstić information content (AvgIpc) is 3.68. The van der Waals surface area contributed by atoms with E-state index in [2.05, 4.69) is 135 Å². The lowest BCUT2D eigenvalue weighted by Gasteiger charge is -2.21. The van der Waals surface area contributed by atoms with Gasteiger partial charge in [0.05, 0.1) is 12.6 Å². The second kappa shape index (κ2) is 11.7. The molecule has 0 aliphatic heterocycles. The summed E-state index contributed by atoms with van der Waals surface area (Å²) in [6, 6.07) is 39.9. The Balaban J connectivity index is 1.44. The third-order valence-corrected chi connectivity index (χ3v) is 10.7. The first kappa shape index (κ1) is 28.0. The summed E-state index contributed by atoms with van der Waals surface area (Å²) < 4.78 is 37.0. The third-order valence-electron chi connectivity index (χ3n) is 10.7. The molecule has 0 aliphatic rings. The van der Waals surface area contributed by atoms with E-state index in [-0.39, 0.29) is 17.5 Å². The molecule has 0 amide bonds. The van der Waals surface area contributed by atoms with Crippen molar-refractivity contribution in [2.24, 2.45) is 7.05 Å². The summed E-state index contributed by atoms with van der Waals surface area (Å²) >= 11 is 0. The zero-order valence-electron chi connectivity index (χ0n) is 32.9. The fourth-order valence-electron chi connectivity index (χ4n) is 8.18. The molecule has 3 heterocycles. The van der Waals surface area contributed by atoms with Gasteiger partial charge in [0, 0.05) is 47.9 Å². The van der Waals surface area contributed by atoms with Crippen LogP contribution in [-0.4, -0.2) is 9.55 Å². The number of imidazole rings is 1. The Bertz CT molecular complexity index is 2920. The summed E-state index contributed by atoms with van der Waals surface area (Å²) in [6.07, 6.45) is 0. The first-order chi connectivity index (χ1) is 25.9. The quantitative estimate of drug-likeness (QED) is 0.135. The number of aryl methyl sites for hydroxylation is 3. The van der Waals surface area contributed by atoms with Gasteiger partial charge in [-0.15, -0.1) is 0 Å². The van der Waals surface area contributed by atoms with Crippen molar-refractivity contribution in [1.29, 1.82) is 0 Å². The van der Waals surface area contributed by atoms with Gasteiger partial charge >= 0.3 is 0 Å². The lowest BCUT2D eigenvalue weighted by molar-refractivity contribution is -0.633. The normalized spacial score (nSPS) is 13.3. The SMILES string of the molecule is [2H]C([2H])([2H])c1nc2ccccc2c2c1ccc1oc3c(-c4n(-c5c(C(C)C)cc(-c6ccccc6)cc5C(C)C)c5ccccc5[n+]4C)c(C)ccc3c12. The van der Waals surface area contributed by atoms with Crippen LogP contribution in [0.1, 0.15) is 66.0 Å². The van der Waals surface area contributed by atoms with Crippen LogP contribution >= 0.6 is 0 Å². The molecule has 0 atom stereocenters. The number of pyridine rings is 1. The van der Waals surface area contributed by atoms with E-state index in [0.717, 1.165) is 55.1 Å². The van der Waals surface area contributed by atoms with Crippen molar-refractivity contribution in [3.8, 4) is 28.2 Å². The number of fused-ring (bicyclic) bond motifs is 8. The Morgan fingerprint density at radius 1 is 0.706 bits per heavy atom. The number of nitrogens with zero attached hydrogens (tertiary/aromatic N) is 3. The Labute approximate surface area is 302 Å². The smallest absolute Gasteiger partial charge is 0.299 e. The Morgan fingerprint density at radius 2 is 1.39 bits per heavy atom. The van der Waals surface area contributed by atoms with Gasteiger partial charge in [0.25, 0.3) is 5.82 Å². The Hall–Kier alpha value is -5.74. The molecule has 9 aromatic rings. The summed E-state index contributed by atoms with van der Waals surface area (Å²) in [5.41, 5.74) is 12.7. The van der Waals surface area contributed by atoms with Crippen molar-refractivity contribution in [2.75, 3.05) is 0 Å². The Kier molecular flexibility index (Phi) is 6.41. The van der Waals surface area contributed by atoms with Crippen molar-refractivity contribution in [1.82, 2.24) is 9.55 Å². The van der Waals surface area contributed by atoms with Gasteiger partial charge in [0.1, 0.15) is 16.8 Å². The van der Waals surface area contributed by atoms with E-state index < -0.39 is 6.85 Å². The van der Waals surface area contributed by atoms with E-state index in [4.69, 9.17) is 8.53 Å². The molecule has 0 saturated heterocycles. The molecule has 0 unspecified atom stereocenters. The molecule has 4 heteroatoms. The number of hydrogen-bond donors (Lipinski definition) is 0. The largest absolute Gasteiger partial charge is 0.455 e. The van der Waals surface area contributed by atoms with E-state index in [1.54, 1.807) is 0 Å². The molecule has 250 valence electrons. The summed E-state index contributed by atoms with van der Waals surface area (Å²) in [5, 5.41) is 4.21. The second-order valence-corrected chi connectivity index (χ2v) is 14.5. The number of furan rings is 1. The van der Waals surface area contributed by atoms with Crippen LogP contribution in [0.25, 0.3) is 82.8 Å². The maximum Gasteiger partial charge on any atom is 0.299 e.